The highest BCUT2D eigenvalue weighted by Crippen LogP contribution is 2.25. The molecule has 208 valence electrons. The van der Waals surface area contributed by atoms with Crippen LogP contribution in [0.1, 0.15) is 44.7 Å². The van der Waals surface area contributed by atoms with Gasteiger partial charge in [-0.3, -0.25) is 13.9 Å². The summed E-state index contributed by atoms with van der Waals surface area (Å²) >= 11 is 0. The Balaban J connectivity index is 2.04. The van der Waals surface area contributed by atoms with Crippen molar-refractivity contribution in [1.82, 2.24) is 10.2 Å². The second-order valence-corrected chi connectivity index (χ2v) is 11.4. The van der Waals surface area contributed by atoms with Gasteiger partial charge in [0, 0.05) is 12.6 Å². The van der Waals surface area contributed by atoms with Crippen LogP contribution in [-0.2, 0) is 26.2 Å². The quantitative estimate of drug-likeness (QED) is 0.340. The number of carbonyl (C=O) groups is 2. The van der Waals surface area contributed by atoms with Gasteiger partial charge in [0.1, 0.15) is 18.4 Å². The first-order valence-corrected chi connectivity index (χ1v) is 14.5. The lowest BCUT2D eigenvalue weighted by atomic mass is 10.1. The Morgan fingerprint density at radius 3 is 2.08 bits per heavy atom. The van der Waals surface area contributed by atoms with Crippen LogP contribution in [0.2, 0.25) is 0 Å². The van der Waals surface area contributed by atoms with Crippen molar-refractivity contribution in [1.29, 1.82) is 0 Å². The fourth-order valence-electron chi connectivity index (χ4n) is 4.11. The van der Waals surface area contributed by atoms with Crippen LogP contribution >= 0.6 is 0 Å². The van der Waals surface area contributed by atoms with Crippen LogP contribution in [0.3, 0.4) is 0 Å². The van der Waals surface area contributed by atoms with Crippen LogP contribution in [0.25, 0.3) is 0 Å². The molecule has 0 aliphatic rings. The summed E-state index contributed by atoms with van der Waals surface area (Å²) in [5.41, 5.74) is 2.02. The van der Waals surface area contributed by atoms with Gasteiger partial charge in [0.05, 0.1) is 10.6 Å². The van der Waals surface area contributed by atoms with Gasteiger partial charge in [-0.25, -0.2) is 12.8 Å². The van der Waals surface area contributed by atoms with Gasteiger partial charge in [-0.1, -0.05) is 61.9 Å². The molecule has 3 aromatic carbocycles. The summed E-state index contributed by atoms with van der Waals surface area (Å²) in [5, 5.41) is 2.95. The zero-order valence-electron chi connectivity index (χ0n) is 22.8. The van der Waals surface area contributed by atoms with E-state index in [1.807, 2.05) is 58.0 Å². The van der Waals surface area contributed by atoms with Crippen LogP contribution in [0.4, 0.5) is 10.1 Å². The van der Waals surface area contributed by atoms with E-state index in [4.69, 9.17) is 0 Å². The summed E-state index contributed by atoms with van der Waals surface area (Å²) < 4.78 is 42.1. The summed E-state index contributed by atoms with van der Waals surface area (Å²) in [6.07, 6.45) is 1.07. The minimum absolute atomic E-state index is 0.0804. The second kappa shape index (κ2) is 13.4. The maximum absolute atomic E-state index is 14.0. The van der Waals surface area contributed by atoms with E-state index >= 15 is 0 Å². The van der Waals surface area contributed by atoms with Crippen molar-refractivity contribution in [3.63, 3.8) is 0 Å². The summed E-state index contributed by atoms with van der Waals surface area (Å²) in [7, 11) is -4.24. The molecule has 0 saturated heterocycles. The molecule has 1 N–H and O–H groups in total. The second-order valence-electron chi connectivity index (χ2n) is 9.55. The molecule has 3 aromatic rings. The zero-order chi connectivity index (χ0) is 28.6. The third-order valence-corrected chi connectivity index (χ3v) is 8.37. The summed E-state index contributed by atoms with van der Waals surface area (Å²) in [6.45, 7) is 7.13. The van der Waals surface area contributed by atoms with Crippen LogP contribution in [0.5, 0.6) is 0 Å². The highest BCUT2D eigenvalue weighted by Gasteiger charge is 2.34. The number of nitrogens with one attached hydrogen (secondary N) is 1. The van der Waals surface area contributed by atoms with Crippen LogP contribution in [-0.4, -0.2) is 43.8 Å². The number of benzene rings is 3. The molecule has 0 aromatic heterocycles. The van der Waals surface area contributed by atoms with Crippen molar-refractivity contribution < 1.29 is 22.4 Å². The van der Waals surface area contributed by atoms with Gasteiger partial charge in [0.2, 0.25) is 11.8 Å². The number of amides is 2. The number of hydrogen-bond acceptors (Lipinski definition) is 4. The lowest BCUT2D eigenvalue weighted by molar-refractivity contribution is -0.140. The lowest BCUT2D eigenvalue weighted by Gasteiger charge is -2.33. The molecule has 0 fully saturated rings. The normalized spacial score (nSPS) is 12.8. The summed E-state index contributed by atoms with van der Waals surface area (Å²) in [5.74, 6) is -1.39. The van der Waals surface area contributed by atoms with Gasteiger partial charge < -0.3 is 10.2 Å². The third kappa shape index (κ3) is 7.66. The topological polar surface area (TPSA) is 86.8 Å². The van der Waals surface area contributed by atoms with E-state index < -0.39 is 34.3 Å². The summed E-state index contributed by atoms with van der Waals surface area (Å²) in [6, 6.07) is 19.6. The number of carbonyl (C=O) groups excluding carboxylic acids is 2. The molecule has 0 saturated carbocycles. The molecule has 0 spiro atoms. The van der Waals surface area contributed by atoms with E-state index in [0.717, 1.165) is 34.0 Å². The van der Waals surface area contributed by atoms with E-state index in [1.54, 1.807) is 24.3 Å². The minimum Gasteiger partial charge on any atom is -0.352 e. The molecule has 9 heteroatoms. The number of anilines is 1. The zero-order valence-corrected chi connectivity index (χ0v) is 23.6. The predicted octanol–water partition coefficient (Wildman–Crippen LogP) is 5.05. The Hall–Kier alpha value is -3.72. The average molecular weight is 554 g/mol. The highest BCUT2D eigenvalue weighted by atomic mass is 32.2. The van der Waals surface area contributed by atoms with Crippen LogP contribution in [0, 0.1) is 12.7 Å². The van der Waals surface area contributed by atoms with E-state index in [0.29, 0.717) is 6.42 Å². The number of nitrogens with zero attached hydrogens (tertiary/aromatic N) is 2. The van der Waals surface area contributed by atoms with Crippen molar-refractivity contribution in [3.8, 4) is 0 Å². The van der Waals surface area contributed by atoms with Crippen LogP contribution in [0.15, 0.2) is 83.8 Å². The molecular weight excluding hydrogens is 517 g/mol. The van der Waals surface area contributed by atoms with Crippen molar-refractivity contribution in [2.45, 2.75) is 64.1 Å². The Kier molecular flexibility index (Phi) is 10.2. The Morgan fingerprint density at radius 1 is 0.897 bits per heavy atom. The number of aryl methyl sites for hydroxylation is 1. The van der Waals surface area contributed by atoms with Crippen molar-refractivity contribution in [2.24, 2.45) is 0 Å². The molecule has 0 aliphatic heterocycles. The minimum atomic E-state index is -4.24. The maximum Gasteiger partial charge on any atom is 0.264 e. The molecule has 39 heavy (non-hydrogen) atoms. The van der Waals surface area contributed by atoms with Gasteiger partial charge >= 0.3 is 0 Å². The number of sulfonamides is 1. The maximum atomic E-state index is 14.0. The van der Waals surface area contributed by atoms with Crippen molar-refractivity contribution in [3.05, 3.63) is 95.8 Å². The van der Waals surface area contributed by atoms with Crippen molar-refractivity contribution >= 4 is 27.5 Å². The number of hydrogen-bond donors (Lipinski definition) is 1. The average Bonchev–Trinajstić information content (AvgIpc) is 2.92. The first kappa shape index (κ1) is 29.8. The molecule has 0 unspecified atom stereocenters. The first-order valence-electron chi connectivity index (χ1n) is 13.1. The third-order valence-electron chi connectivity index (χ3n) is 6.59. The van der Waals surface area contributed by atoms with Gasteiger partial charge in [-0.05, 0) is 68.7 Å². The molecule has 7 nitrogen and oxygen atoms in total. The molecule has 0 bridgehead atoms. The van der Waals surface area contributed by atoms with E-state index in [1.165, 1.54) is 17.0 Å². The monoisotopic (exact) mass is 553 g/mol. The van der Waals surface area contributed by atoms with E-state index in [9.17, 15) is 22.4 Å². The number of halogens is 1. The SMILES string of the molecule is CC[C@H](C(=O)N[C@@H](C)CC)N(Cc1ccccc1)C(=O)CN(c1ccc(C)cc1)S(=O)(=O)c1ccc(F)cc1. The summed E-state index contributed by atoms with van der Waals surface area (Å²) in [4.78, 5) is 28.5. The molecule has 2 amide bonds. The van der Waals surface area contributed by atoms with E-state index in [-0.39, 0.29) is 29.1 Å². The Bertz CT molecular complexity index is 1350. The van der Waals surface area contributed by atoms with Gasteiger partial charge in [-0.2, -0.15) is 0 Å². The fourth-order valence-corrected chi connectivity index (χ4v) is 5.53. The fraction of sp³-hybridized carbons (Fsp3) is 0.333. The van der Waals surface area contributed by atoms with Crippen LogP contribution < -0.4 is 9.62 Å². The van der Waals surface area contributed by atoms with Gasteiger partial charge in [0.25, 0.3) is 10.0 Å². The molecule has 3 rings (SSSR count). The van der Waals surface area contributed by atoms with Gasteiger partial charge in [0.15, 0.2) is 0 Å². The van der Waals surface area contributed by atoms with Gasteiger partial charge in [-0.15, -0.1) is 0 Å². The predicted molar refractivity (Wildman–Crippen MR) is 151 cm³/mol. The number of rotatable bonds is 12. The first-order chi connectivity index (χ1) is 18.6. The smallest absolute Gasteiger partial charge is 0.264 e. The Labute approximate surface area is 230 Å². The molecule has 0 heterocycles. The highest BCUT2D eigenvalue weighted by molar-refractivity contribution is 7.92. The molecular formula is C30H36FN3O4S. The van der Waals surface area contributed by atoms with Crippen molar-refractivity contribution in [2.75, 3.05) is 10.8 Å². The lowest BCUT2D eigenvalue weighted by Crippen LogP contribution is -2.53. The largest absolute Gasteiger partial charge is 0.352 e. The van der Waals surface area contributed by atoms with E-state index in [2.05, 4.69) is 5.32 Å². The Morgan fingerprint density at radius 2 is 1.51 bits per heavy atom. The molecule has 0 aliphatic carbocycles. The standard InChI is InChI=1S/C30H36FN3O4S/c1-5-23(4)32-30(36)28(6-2)33(20-24-10-8-7-9-11-24)29(35)21-34(26-16-12-22(3)13-17-26)39(37,38)27-18-14-25(31)15-19-27/h7-19,23,28H,5-6,20-21H2,1-4H3,(H,32,36)/t23-,28+/m0/s1. The molecule has 2 atom stereocenters. The molecule has 0 radical (unpaired) electrons.